The number of para-hydroxylation sites is 1. The molecule has 3 atom stereocenters. The maximum atomic E-state index is 13.7. The Hall–Kier alpha value is -2.37. The Labute approximate surface area is 298 Å². The van der Waals surface area contributed by atoms with Gasteiger partial charge in [-0.3, -0.25) is 14.4 Å². The zero-order chi connectivity index (χ0) is 33.7. The van der Waals surface area contributed by atoms with Gasteiger partial charge in [0.25, 0.3) is 10.0 Å². The Kier molecular flexibility index (Phi) is 15.6. The second-order valence-electron chi connectivity index (χ2n) is 10.9. The van der Waals surface area contributed by atoms with Crippen molar-refractivity contribution in [3.63, 3.8) is 0 Å². The minimum atomic E-state index is -4.06. The predicted molar refractivity (Wildman–Crippen MR) is 196 cm³/mol. The van der Waals surface area contributed by atoms with E-state index in [0.717, 1.165) is 26.2 Å². The van der Waals surface area contributed by atoms with E-state index in [1.54, 1.807) is 0 Å². The first-order valence-electron chi connectivity index (χ1n) is 14.7. The minimum Gasteiger partial charge on any atom is -0.383 e. The molecule has 3 aromatic rings. The third-order valence-electron chi connectivity index (χ3n) is 6.79. The van der Waals surface area contributed by atoms with E-state index in [2.05, 4.69) is 61.2 Å². The van der Waals surface area contributed by atoms with E-state index in [4.69, 9.17) is 11.6 Å². The molecule has 1 heterocycles. The van der Waals surface area contributed by atoms with Crippen molar-refractivity contribution in [3.05, 3.63) is 80.2 Å². The van der Waals surface area contributed by atoms with Crippen molar-refractivity contribution in [2.24, 2.45) is 5.92 Å². The molecule has 2 aromatic carbocycles. The number of thiophene rings is 1. The molecule has 0 aliphatic carbocycles. The molecule has 3 rings (SSSR count). The van der Waals surface area contributed by atoms with E-state index in [1.807, 2.05) is 68.4 Å². The van der Waals surface area contributed by atoms with Gasteiger partial charge >= 0.3 is 0 Å². The predicted octanol–water partition coefficient (Wildman–Crippen LogP) is 4.46. The molecule has 46 heavy (non-hydrogen) atoms. The SMILES string of the molecule is CC(C)CC[C@H](NS(=O)(=O)c1ccc(Cl)s1)C(=O)N[C@@H](Cc1ccc(I)cc1)C(=O)N[C@@H](CS)C(=O)NCCNc1ccccc1. The van der Waals surface area contributed by atoms with Gasteiger partial charge in [-0.2, -0.15) is 17.4 Å². The molecule has 1 aromatic heterocycles. The largest absolute Gasteiger partial charge is 0.383 e. The Morgan fingerprint density at radius 2 is 1.50 bits per heavy atom. The second-order valence-corrected chi connectivity index (χ2v) is 16.2. The fourth-order valence-corrected chi connectivity index (χ4v) is 7.65. The highest BCUT2D eigenvalue weighted by Crippen LogP contribution is 2.26. The summed E-state index contributed by atoms with van der Waals surface area (Å²) in [6.07, 6.45) is 0.875. The number of thiol groups is 1. The Bertz CT molecular complexity index is 1540. The highest BCUT2D eigenvalue weighted by atomic mass is 127. The molecule has 3 amide bonds. The summed E-state index contributed by atoms with van der Waals surface area (Å²) in [5, 5.41) is 11.5. The molecule has 0 saturated heterocycles. The normalized spacial score (nSPS) is 13.4. The molecule has 0 saturated carbocycles. The molecule has 10 nitrogen and oxygen atoms in total. The third kappa shape index (κ3) is 12.7. The number of benzene rings is 2. The molecule has 0 aliphatic heterocycles. The van der Waals surface area contributed by atoms with Crippen LogP contribution in [0.3, 0.4) is 0 Å². The topological polar surface area (TPSA) is 146 Å². The van der Waals surface area contributed by atoms with Crippen LogP contribution in [-0.4, -0.2) is 63.1 Å². The monoisotopic (exact) mass is 819 g/mol. The van der Waals surface area contributed by atoms with Crippen LogP contribution in [0.25, 0.3) is 0 Å². The van der Waals surface area contributed by atoms with Gasteiger partial charge in [0.15, 0.2) is 0 Å². The van der Waals surface area contributed by atoms with Crippen molar-refractivity contribution < 1.29 is 22.8 Å². The Morgan fingerprint density at radius 1 is 0.848 bits per heavy atom. The maximum Gasteiger partial charge on any atom is 0.250 e. The van der Waals surface area contributed by atoms with Gasteiger partial charge in [-0.05, 0) is 83.3 Å². The number of rotatable bonds is 18. The molecule has 15 heteroatoms. The lowest BCUT2D eigenvalue weighted by molar-refractivity contribution is -0.132. The zero-order valence-corrected chi connectivity index (χ0v) is 30.9. The summed E-state index contributed by atoms with van der Waals surface area (Å²) in [6.45, 7) is 4.72. The van der Waals surface area contributed by atoms with Crippen LogP contribution in [0.4, 0.5) is 5.69 Å². The number of hydrogen-bond acceptors (Lipinski definition) is 8. The van der Waals surface area contributed by atoms with Crippen molar-refractivity contribution in [1.82, 2.24) is 20.7 Å². The molecule has 0 unspecified atom stereocenters. The van der Waals surface area contributed by atoms with Gasteiger partial charge in [0, 0.05) is 34.5 Å². The molecule has 0 radical (unpaired) electrons. The number of carbonyl (C=O) groups is 3. The van der Waals surface area contributed by atoms with Gasteiger partial charge in [-0.15, -0.1) is 11.3 Å². The summed E-state index contributed by atoms with van der Waals surface area (Å²) in [5.74, 6) is -1.46. The van der Waals surface area contributed by atoms with Gasteiger partial charge in [0.1, 0.15) is 22.3 Å². The molecular formula is C31H39ClIN5O5S3. The first-order valence-corrected chi connectivity index (χ1v) is 19.1. The Morgan fingerprint density at radius 3 is 2.11 bits per heavy atom. The summed E-state index contributed by atoms with van der Waals surface area (Å²) in [7, 11) is -4.06. The van der Waals surface area contributed by atoms with Crippen LogP contribution in [0.2, 0.25) is 4.34 Å². The van der Waals surface area contributed by atoms with E-state index in [-0.39, 0.29) is 28.7 Å². The molecule has 0 spiro atoms. The third-order valence-corrected chi connectivity index (χ3v) is 11.1. The summed E-state index contributed by atoms with van der Waals surface area (Å²) in [6, 6.07) is 16.6. The number of carbonyl (C=O) groups excluding carboxylic acids is 3. The van der Waals surface area contributed by atoms with Crippen molar-refractivity contribution in [3.8, 4) is 0 Å². The van der Waals surface area contributed by atoms with Gasteiger partial charge in [0.2, 0.25) is 17.7 Å². The maximum absolute atomic E-state index is 13.7. The average molecular weight is 820 g/mol. The summed E-state index contributed by atoms with van der Waals surface area (Å²) in [4.78, 5) is 40.2. The van der Waals surface area contributed by atoms with Crippen LogP contribution in [0.5, 0.6) is 0 Å². The highest BCUT2D eigenvalue weighted by Gasteiger charge is 2.31. The lowest BCUT2D eigenvalue weighted by atomic mass is 10.0. The van der Waals surface area contributed by atoms with Gasteiger partial charge in [-0.1, -0.05) is 55.8 Å². The lowest BCUT2D eigenvalue weighted by Gasteiger charge is -2.25. The van der Waals surface area contributed by atoms with Gasteiger partial charge in [-0.25, -0.2) is 8.42 Å². The number of hydrogen-bond donors (Lipinski definition) is 6. The zero-order valence-electron chi connectivity index (χ0n) is 25.5. The highest BCUT2D eigenvalue weighted by molar-refractivity contribution is 14.1. The van der Waals surface area contributed by atoms with Crippen LogP contribution in [-0.2, 0) is 30.8 Å². The van der Waals surface area contributed by atoms with Gasteiger partial charge in [0.05, 0.1) is 4.34 Å². The fraction of sp³-hybridized carbons (Fsp3) is 0.387. The van der Waals surface area contributed by atoms with Crippen LogP contribution in [0.15, 0.2) is 70.9 Å². The van der Waals surface area contributed by atoms with Crippen LogP contribution < -0.4 is 26.0 Å². The van der Waals surface area contributed by atoms with Crippen molar-refractivity contribution in [2.45, 2.75) is 55.4 Å². The van der Waals surface area contributed by atoms with Gasteiger partial charge < -0.3 is 21.3 Å². The standard InChI is InChI=1S/C31H39ClIN5O5S3/c1-20(2)8-13-24(38-46(42,43)28-15-14-27(32)45-28)30(40)36-25(18-21-9-11-22(33)12-10-21)31(41)37-26(19-44)29(39)35-17-16-34-23-6-4-3-5-7-23/h3-7,9-12,14-15,20,24-26,34,38,44H,8,13,16-19H2,1-2H3,(H,35,39)(H,36,40)(H,37,41)/t24-,25-,26-/m0/s1. The molecular weight excluding hydrogens is 781 g/mol. The molecule has 0 aliphatic rings. The first kappa shape index (κ1) is 38.1. The molecule has 250 valence electrons. The van der Waals surface area contributed by atoms with Crippen molar-refractivity contribution in [1.29, 1.82) is 0 Å². The molecule has 0 fully saturated rings. The van der Waals surface area contributed by atoms with E-state index in [0.29, 0.717) is 23.8 Å². The summed E-state index contributed by atoms with van der Waals surface area (Å²) < 4.78 is 30.0. The molecule has 5 N–H and O–H groups in total. The number of anilines is 1. The summed E-state index contributed by atoms with van der Waals surface area (Å²) in [5.41, 5.74) is 1.69. The molecule has 0 bridgehead atoms. The smallest absolute Gasteiger partial charge is 0.250 e. The van der Waals surface area contributed by atoms with E-state index in [9.17, 15) is 22.8 Å². The van der Waals surface area contributed by atoms with Crippen LogP contribution in [0, 0.1) is 9.49 Å². The average Bonchev–Trinajstić information content (AvgIpc) is 3.48. The Balaban J connectivity index is 1.73. The summed E-state index contributed by atoms with van der Waals surface area (Å²) >= 11 is 13.3. The van der Waals surface area contributed by atoms with Crippen LogP contribution >= 0.6 is 58.2 Å². The number of nitrogens with one attached hydrogen (secondary N) is 5. The first-order chi connectivity index (χ1) is 21.9. The van der Waals surface area contributed by atoms with E-state index in [1.165, 1.54) is 12.1 Å². The lowest BCUT2D eigenvalue weighted by Crippen LogP contribution is -2.57. The minimum absolute atomic E-state index is 0.0189. The second kappa shape index (κ2) is 18.8. The number of amides is 3. The van der Waals surface area contributed by atoms with E-state index < -0.39 is 45.9 Å². The van der Waals surface area contributed by atoms with Crippen molar-refractivity contribution in [2.75, 3.05) is 24.2 Å². The van der Waals surface area contributed by atoms with Crippen LogP contribution in [0.1, 0.15) is 32.3 Å². The van der Waals surface area contributed by atoms with E-state index >= 15 is 0 Å². The quantitative estimate of drug-likeness (QED) is 0.0636. The fourth-order valence-electron chi connectivity index (χ4n) is 4.31. The number of sulfonamides is 1. The number of halogens is 2. The van der Waals surface area contributed by atoms with Crippen molar-refractivity contribution >= 4 is 91.6 Å².